The average Bonchev–Trinajstić information content (AvgIpc) is 2.30. The first-order valence-corrected chi connectivity index (χ1v) is 5.68. The van der Waals surface area contributed by atoms with Gasteiger partial charge < -0.3 is 9.84 Å². The Kier molecular flexibility index (Phi) is 3.76. The zero-order valence-corrected chi connectivity index (χ0v) is 10.5. The van der Waals surface area contributed by atoms with Crippen LogP contribution in [0.4, 0.5) is 17.6 Å². The molecular formula is C13H7ClF4O2. The minimum absolute atomic E-state index is 0.100. The lowest BCUT2D eigenvalue weighted by atomic mass is 10.0. The minimum atomic E-state index is -4.91. The van der Waals surface area contributed by atoms with Gasteiger partial charge in [0, 0.05) is 10.6 Å². The number of rotatable bonds is 2. The van der Waals surface area contributed by atoms with E-state index in [1.807, 2.05) is 0 Å². The van der Waals surface area contributed by atoms with Gasteiger partial charge >= 0.3 is 6.36 Å². The van der Waals surface area contributed by atoms with Crippen LogP contribution in [0.25, 0.3) is 11.1 Å². The third-order valence-corrected chi connectivity index (χ3v) is 2.66. The molecule has 0 fully saturated rings. The molecule has 0 aliphatic carbocycles. The largest absolute Gasteiger partial charge is 0.573 e. The molecular weight excluding hydrogens is 300 g/mol. The van der Waals surface area contributed by atoms with Crippen LogP contribution in [0.1, 0.15) is 0 Å². The van der Waals surface area contributed by atoms with E-state index in [9.17, 15) is 22.7 Å². The molecule has 2 nitrogen and oxygen atoms in total. The monoisotopic (exact) mass is 306 g/mol. The summed E-state index contributed by atoms with van der Waals surface area (Å²) in [5.41, 5.74) is 0.300. The summed E-state index contributed by atoms with van der Waals surface area (Å²) in [6, 6.07) is 6.94. The van der Waals surface area contributed by atoms with Gasteiger partial charge in [0.2, 0.25) is 0 Å². The van der Waals surface area contributed by atoms with E-state index >= 15 is 0 Å². The van der Waals surface area contributed by atoms with Gasteiger partial charge in [0.15, 0.2) is 11.5 Å². The van der Waals surface area contributed by atoms with Crippen LogP contribution < -0.4 is 4.74 Å². The highest BCUT2D eigenvalue weighted by atomic mass is 35.5. The molecule has 0 aliphatic rings. The highest BCUT2D eigenvalue weighted by molar-refractivity contribution is 6.30. The molecule has 0 amide bonds. The topological polar surface area (TPSA) is 29.5 Å². The first-order chi connectivity index (χ1) is 9.26. The van der Waals surface area contributed by atoms with Gasteiger partial charge in [-0.15, -0.1) is 13.2 Å². The number of aromatic hydroxyl groups is 1. The molecule has 0 saturated carbocycles. The summed E-state index contributed by atoms with van der Waals surface area (Å²) in [6.07, 6.45) is -4.91. The van der Waals surface area contributed by atoms with Crippen molar-refractivity contribution in [2.45, 2.75) is 6.36 Å². The van der Waals surface area contributed by atoms with Crippen LogP contribution in [-0.2, 0) is 0 Å². The van der Waals surface area contributed by atoms with E-state index < -0.39 is 23.7 Å². The Morgan fingerprint density at radius 1 is 1.05 bits per heavy atom. The molecule has 20 heavy (non-hydrogen) atoms. The molecule has 2 rings (SSSR count). The second-order valence-corrected chi connectivity index (χ2v) is 4.29. The van der Waals surface area contributed by atoms with E-state index in [2.05, 4.69) is 4.74 Å². The number of halogens is 5. The van der Waals surface area contributed by atoms with Crippen molar-refractivity contribution in [1.29, 1.82) is 0 Å². The Morgan fingerprint density at radius 3 is 2.30 bits per heavy atom. The minimum Gasteiger partial charge on any atom is -0.504 e. The van der Waals surface area contributed by atoms with Crippen molar-refractivity contribution >= 4 is 11.6 Å². The van der Waals surface area contributed by atoms with Crippen molar-refractivity contribution in [3.05, 3.63) is 47.2 Å². The lowest BCUT2D eigenvalue weighted by Crippen LogP contribution is -2.17. The van der Waals surface area contributed by atoms with Gasteiger partial charge in [-0.1, -0.05) is 17.7 Å². The van der Waals surface area contributed by atoms with Crippen LogP contribution in [0.2, 0.25) is 5.02 Å². The summed E-state index contributed by atoms with van der Waals surface area (Å²) < 4.78 is 53.4. The zero-order valence-electron chi connectivity index (χ0n) is 9.71. The molecule has 0 unspecified atom stereocenters. The Labute approximate surface area is 116 Å². The fourth-order valence-electron chi connectivity index (χ4n) is 1.62. The van der Waals surface area contributed by atoms with E-state index in [0.29, 0.717) is 0 Å². The molecule has 1 N–H and O–H groups in total. The number of alkyl halides is 3. The molecule has 2 aromatic carbocycles. The van der Waals surface area contributed by atoms with Crippen molar-refractivity contribution in [2.75, 3.05) is 0 Å². The van der Waals surface area contributed by atoms with Gasteiger partial charge in [0.05, 0.1) is 0 Å². The van der Waals surface area contributed by atoms with Crippen LogP contribution in [0.15, 0.2) is 36.4 Å². The molecule has 106 valence electrons. The third-order valence-electron chi connectivity index (χ3n) is 2.43. The molecule has 0 aromatic heterocycles. The quantitative estimate of drug-likeness (QED) is 0.811. The second kappa shape index (κ2) is 5.20. The SMILES string of the molecule is Oc1cc(-c2ccc(Cl)cc2F)ccc1OC(F)(F)F. The lowest BCUT2D eigenvalue weighted by Gasteiger charge is -2.11. The maximum absolute atomic E-state index is 13.7. The van der Waals surface area contributed by atoms with Crippen molar-refractivity contribution < 1.29 is 27.4 Å². The van der Waals surface area contributed by atoms with Gasteiger partial charge in [-0.2, -0.15) is 0 Å². The predicted molar refractivity (Wildman–Crippen MR) is 65.2 cm³/mol. The van der Waals surface area contributed by atoms with Crippen LogP contribution in [-0.4, -0.2) is 11.5 Å². The van der Waals surface area contributed by atoms with E-state index in [1.165, 1.54) is 18.2 Å². The Hall–Kier alpha value is -1.95. The number of ether oxygens (including phenoxy) is 1. The first-order valence-electron chi connectivity index (χ1n) is 5.30. The Bertz CT molecular complexity index is 641. The maximum Gasteiger partial charge on any atom is 0.573 e. The van der Waals surface area contributed by atoms with E-state index in [4.69, 9.17) is 11.6 Å². The number of hydrogen-bond donors (Lipinski definition) is 1. The van der Waals surface area contributed by atoms with Gasteiger partial charge in [-0.3, -0.25) is 0 Å². The van der Waals surface area contributed by atoms with Crippen molar-refractivity contribution in [3.63, 3.8) is 0 Å². The molecule has 0 atom stereocenters. The molecule has 0 heterocycles. The summed E-state index contributed by atoms with van der Waals surface area (Å²) in [5.74, 6) is -2.15. The first kappa shape index (κ1) is 14.5. The average molecular weight is 307 g/mol. The molecule has 0 spiro atoms. The van der Waals surface area contributed by atoms with Gasteiger partial charge in [0.1, 0.15) is 5.82 Å². The van der Waals surface area contributed by atoms with Crippen LogP contribution in [0.5, 0.6) is 11.5 Å². The molecule has 0 aliphatic heterocycles. The standard InChI is InChI=1S/C13H7ClF4O2/c14-8-2-3-9(10(15)6-8)7-1-4-12(11(19)5-7)20-13(16,17)18/h1-6,19H. The van der Waals surface area contributed by atoms with Crippen LogP contribution in [0.3, 0.4) is 0 Å². The van der Waals surface area contributed by atoms with Crippen molar-refractivity contribution in [1.82, 2.24) is 0 Å². The number of phenols is 1. The second-order valence-electron chi connectivity index (χ2n) is 3.85. The van der Waals surface area contributed by atoms with Gasteiger partial charge in [-0.05, 0) is 35.9 Å². The molecule has 0 radical (unpaired) electrons. The highest BCUT2D eigenvalue weighted by Gasteiger charge is 2.32. The molecule has 0 saturated heterocycles. The predicted octanol–water partition coefficient (Wildman–Crippen LogP) is 4.75. The number of phenolic OH excluding ortho intramolecular Hbond substituents is 1. The number of benzene rings is 2. The summed E-state index contributed by atoms with van der Waals surface area (Å²) in [7, 11) is 0. The summed E-state index contributed by atoms with van der Waals surface area (Å²) in [5, 5.41) is 9.68. The summed E-state index contributed by atoms with van der Waals surface area (Å²) in [6.45, 7) is 0. The number of hydrogen-bond acceptors (Lipinski definition) is 2. The molecule has 2 aromatic rings. The fraction of sp³-hybridized carbons (Fsp3) is 0.0769. The van der Waals surface area contributed by atoms with Gasteiger partial charge in [0.25, 0.3) is 0 Å². The third kappa shape index (κ3) is 3.33. The van der Waals surface area contributed by atoms with E-state index in [-0.39, 0.29) is 16.1 Å². The normalized spacial score (nSPS) is 11.4. The maximum atomic E-state index is 13.7. The van der Waals surface area contributed by atoms with E-state index in [1.54, 1.807) is 0 Å². The lowest BCUT2D eigenvalue weighted by molar-refractivity contribution is -0.275. The van der Waals surface area contributed by atoms with Gasteiger partial charge in [-0.25, -0.2) is 4.39 Å². The fourth-order valence-corrected chi connectivity index (χ4v) is 1.78. The highest BCUT2D eigenvalue weighted by Crippen LogP contribution is 2.35. The smallest absolute Gasteiger partial charge is 0.504 e. The Morgan fingerprint density at radius 2 is 1.75 bits per heavy atom. The Balaban J connectivity index is 2.38. The van der Waals surface area contributed by atoms with E-state index in [0.717, 1.165) is 18.2 Å². The van der Waals surface area contributed by atoms with Crippen molar-refractivity contribution in [3.8, 4) is 22.6 Å². The molecule has 0 bridgehead atoms. The molecule has 7 heteroatoms. The van der Waals surface area contributed by atoms with Crippen molar-refractivity contribution in [2.24, 2.45) is 0 Å². The summed E-state index contributed by atoms with van der Waals surface area (Å²) in [4.78, 5) is 0. The van der Waals surface area contributed by atoms with Crippen LogP contribution in [0, 0.1) is 5.82 Å². The zero-order chi connectivity index (χ0) is 14.9. The van der Waals surface area contributed by atoms with Crippen LogP contribution >= 0.6 is 11.6 Å². The summed E-state index contributed by atoms with van der Waals surface area (Å²) >= 11 is 5.60.